The minimum Gasteiger partial charge on any atom is -0.494 e. The molecule has 0 saturated heterocycles. The van der Waals surface area contributed by atoms with Gasteiger partial charge in [-0.3, -0.25) is 0 Å². The Hall–Kier alpha value is -1.86. The largest absolute Gasteiger partial charge is 0.494 e. The Kier molecular flexibility index (Phi) is 5.05. The average Bonchev–Trinajstić information content (AvgIpc) is 2.55. The van der Waals surface area contributed by atoms with E-state index in [1.165, 1.54) is 31.4 Å². The van der Waals surface area contributed by atoms with Gasteiger partial charge in [-0.05, 0) is 37.3 Å². The number of methoxy groups -OCH3 is 1. The summed E-state index contributed by atoms with van der Waals surface area (Å²) in [5, 5.41) is -0.167. The molecular weight excluding hydrogens is 348 g/mol. The van der Waals surface area contributed by atoms with Crippen molar-refractivity contribution < 1.29 is 22.3 Å². The summed E-state index contributed by atoms with van der Waals surface area (Å²) in [5.41, 5.74) is 3.25. The molecule has 2 N–H and O–H groups in total. The fraction of sp³-hybridized carbons (Fsp3) is 0.312. The second-order valence-electron chi connectivity index (χ2n) is 5.41. The normalized spacial score (nSPS) is 14.3. The highest BCUT2D eigenvalue weighted by atomic mass is 35.5. The first-order valence-corrected chi connectivity index (χ1v) is 7.29. The van der Waals surface area contributed by atoms with E-state index >= 15 is 0 Å². The van der Waals surface area contributed by atoms with E-state index < -0.39 is 24.0 Å². The summed E-state index contributed by atoms with van der Waals surface area (Å²) in [6.45, 7) is 0.308. The van der Waals surface area contributed by atoms with Gasteiger partial charge in [0.25, 0.3) is 0 Å². The molecule has 2 aromatic rings. The van der Waals surface area contributed by atoms with E-state index in [9.17, 15) is 17.6 Å². The third-order valence-electron chi connectivity index (χ3n) is 3.87. The number of halogens is 5. The monoisotopic (exact) mass is 362 g/mol. The van der Waals surface area contributed by atoms with E-state index in [2.05, 4.69) is 4.98 Å². The number of hydrogen-bond acceptors (Lipinski definition) is 3. The Morgan fingerprint density at radius 1 is 1.21 bits per heavy atom. The van der Waals surface area contributed by atoms with Gasteiger partial charge in [0.15, 0.2) is 0 Å². The molecule has 0 aliphatic heterocycles. The number of nitrogens with two attached hydrogens (primary N) is 1. The molecule has 24 heavy (non-hydrogen) atoms. The van der Waals surface area contributed by atoms with Crippen molar-refractivity contribution in [2.24, 2.45) is 5.73 Å². The van der Waals surface area contributed by atoms with Gasteiger partial charge in [-0.15, -0.1) is 0 Å². The summed E-state index contributed by atoms with van der Waals surface area (Å²) >= 11 is 5.75. The maximum atomic E-state index is 13.4. The highest BCUT2D eigenvalue weighted by molar-refractivity contribution is 6.31. The third-order valence-corrected chi connectivity index (χ3v) is 4.16. The summed E-state index contributed by atoms with van der Waals surface area (Å²) in [7, 11) is 1.36. The Morgan fingerprint density at radius 2 is 1.88 bits per heavy atom. The molecular formula is C16H15ClF4N2O. The van der Waals surface area contributed by atoms with Gasteiger partial charge in [-0.1, -0.05) is 11.6 Å². The second-order valence-corrected chi connectivity index (χ2v) is 5.82. The fourth-order valence-electron chi connectivity index (χ4n) is 2.13. The van der Waals surface area contributed by atoms with Crippen LogP contribution in [0.1, 0.15) is 12.6 Å². The Labute approximate surface area is 141 Å². The van der Waals surface area contributed by atoms with Gasteiger partial charge in [0.05, 0.1) is 17.8 Å². The Morgan fingerprint density at radius 3 is 2.38 bits per heavy atom. The van der Waals surface area contributed by atoms with Crippen molar-refractivity contribution in [3.63, 3.8) is 0 Å². The van der Waals surface area contributed by atoms with Crippen LogP contribution in [0.25, 0.3) is 11.3 Å². The smallest absolute Gasteiger partial charge is 0.400 e. The first-order valence-electron chi connectivity index (χ1n) is 6.92. The topological polar surface area (TPSA) is 48.1 Å². The van der Waals surface area contributed by atoms with Crippen molar-refractivity contribution in [2.45, 2.75) is 18.5 Å². The van der Waals surface area contributed by atoms with Crippen LogP contribution in [0.5, 0.6) is 5.75 Å². The molecule has 3 nitrogen and oxygen atoms in total. The van der Waals surface area contributed by atoms with Crippen LogP contribution in [0.2, 0.25) is 5.02 Å². The van der Waals surface area contributed by atoms with Crippen LogP contribution < -0.4 is 10.5 Å². The standard InChI is InChI=1S/C16H15ClF4N2O/c1-15(8-22,16(19,20)21)13-6-5-12(24-2)14(23-13)9-3-4-11(18)10(17)7-9/h3-7H,8,22H2,1-2H3. The molecule has 0 spiro atoms. The minimum absolute atomic E-state index is 0.126. The molecule has 1 heterocycles. The molecule has 8 heteroatoms. The highest BCUT2D eigenvalue weighted by Gasteiger charge is 2.52. The van der Waals surface area contributed by atoms with Crippen LogP contribution in [0.3, 0.4) is 0 Å². The Bertz CT molecular complexity index is 751. The fourth-order valence-corrected chi connectivity index (χ4v) is 2.31. The summed E-state index contributed by atoms with van der Waals surface area (Å²) in [5.74, 6) is -0.402. The molecule has 0 aliphatic rings. The van der Waals surface area contributed by atoms with E-state index in [-0.39, 0.29) is 22.2 Å². The number of pyridine rings is 1. The van der Waals surface area contributed by atoms with Gasteiger partial charge < -0.3 is 10.5 Å². The van der Waals surface area contributed by atoms with E-state index in [0.717, 1.165) is 13.0 Å². The molecule has 1 atom stereocenters. The van der Waals surface area contributed by atoms with E-state index in [0.29, 0.717) is 5.56 Å². The molecule has 1 unspecified atom stereocenters. The van der Waals surface area contributed by atoms with Crippen molar-refractivity contribution in [3.8, 4) is 17.0 Å². The van der Waals surface area contributed by atoms with Crippen molar-refractivity contribution in [1.29, 1.82) is 0 Å². The predicted molar refractivity (Wildman–Crippen MR) is 83.7 cm³/mol. The summed E-state index contributed by atoms with van der Waals surface area (Å²) < 4.78 is 58.7. The molecule has 0 bridgehead atoms. The van der Waals surface area contributed by atoms with Crippen LogP contribution in [0.15, 0.2) is 30.3 Å². The predicted octanol–water partition coefficient (Wildman–Crippen LogP) is 4.33. The van der Waals surface area contributed by atoms with Gasteiger partial charge >= 0.3 is 6.18 Å². The molecule has 2 rings (SSSR count). The molecule has 0 radical (unpaired) electrons. The molecule has 1 aromatic carbocycles. The van der Waals surface area contributed by atoms with Crippen molar-refractivity contribution in [1.82, 2.24) is 4.98 Å². The molecule has 0 fully saturated rings. The number of aromatic nitrogens is 1. The lowest BCUT2D eigenvalue weighted by atomic mass is 9.85. The van der Waals surface area contributed by atoms with Crippen LogP contribution in [-0.2, 0) is 5.41 Å². The first-order chi connectivity index (χ1) is 11.1. The van der Waals surface area contributed by atoms with Gasteiger partial charge in [0.2, 0.25) is 0 Å². The highest BCUT2D eigenvalue weighted by Crippen LogP contribution is 2.41. The van der Waals surface area contributed by atoms with Crippen molar-refractivity contribution >= 4 is 11.6 Å². The van der Waals surface area contributed by atoms with Crippen LogP contribution >= 0.6 is 11.6 Å². The number of rotatable bonds is 4. The molecule has 1 aromatic heterocycles. The van der Waals surface area contributed by atoms with Gasteiger partial charge in [0, 0.05) is 12.1 Å². The molecule has 130 valence electrons. The lowest BCUT2D eigenvalue weighted by Crippen LogP contribution is -2.46. The molecule has 0 aliphatic carbocycles. The maximum absolute atomic E-state index is 13.4. The summed E-state index contributed by atoms with van der Waals surface area (Å²) in [6, 6.07) is 6.34. The van der Waals surface area contributed by atoms with Crippen LogP contribution in [-0.4, -0.2) is 24.8 Å². The van der Waals surface area contributed by atoms with E-state index in [4.69, 9.17) is 22.1 Å². The summed E-state index contributed by atoms with van der Waals surface area (Å²) in [4.78, 5) is 4.09. The zero-order chi connectivity index (χ0) is 18.1. The van der Waals surface area contributed by atoms with Crippen molar-refractivity contribution in [2.75, 3.05) is 13.7 Å². The van der Waals surface area contributed by atoms with E-state index in [1.54, 1.807) is 0 Å². The van der Waals surface area contributed by atoms with Crippen molar-refractivity contribution in [3.05, 3.63) is 46.9 Å². The van der Waals surface area contributed by atoms with Gasteiger partial charge in [-0.2, -0.15) is 13.2 Å². The number of nitrogens with zero attached hydrogens (tertiary/aromatic N) is 1. The number of hydrogen-bond donors (Lipinski definition) is 1. The lowest BCUT2D eigenvalue weighted by molar-refractivity contribution is -0.183. The van der Waals surface area contributed by atoms with Gasteiger partial charge in [-0.25, -0.2) is 9.37 Å². The minimum atomic E-state index is -4.58. The third kappa shape index (κ3) is 3.18. The molecule has 0 amide bonds. The first kappa shape index (κ1) is 18.5. The van der Waals surface area contributed by atoms with E-state index in [1.807, 2.05) is 0 Å². The zero-order valence-electron chi connectivity index (χ0n) is 12.9. The maximum Gasteiger partial charge on any atom is 0.400 e. The Balaban J connectivity index is 2.66. The SMILES string of the molecule is COc1ccc(C(C)(CN)C(F)(F)F)nc1-c1ccc(F)c(Cl)c1. The summed E-state index contributed by atoms with van der Waals surface area (Å²) in [6.07, 6.45) is -4.58. The quantitative estimate of drug-likeness (QED) is 0.824. The number of alkyl halides is 3. The van der Waals surface area contributed by atoms with Crippen LogP contribution in [0, 0.1) is 5.82 Å². The molecule has 0 saturated carbocycles. The number of benzene rings is 1. The second kappa shape index (κ2) is 6.57. The number of ether oxygens (including phenoxy) is 1. The van der Waals surface area contributed by atoms with Crippen LogP contribution in [0.4, 0.5) is 17.6 Å². The lowest BCUT2D eigenvalue weighted by Gasteiger charge is -2.30. The average molecular weight is 363 g/mol. The zero-order valence-corrected chi connectivity index (χ0v) is 13.7. The van der Waals surface area contributed by atoms with Gasteiger partial charge in [0.1, 0.15) is 22.7 Å².